The molecule has 0 aliphatic heterocycles. The van der Waals surface area contributed by atoms with Crippen LogP contribution in [0.1, 0.15) is 37.3 Å². The zero-order valence-corrected chi connectivity index (χ0v) is 10.2. The van der Waals surface area contributed by atoms with Crippen molar-refractivity contribution in [3.63, 3.8) is 0 Å². The molecule has 1 atom stereocenters. The van der Waals surface area contributed by atoms with Crippen LogP contribution in [0.4, 0.5) is 8.78 Å². The third-order valence-corrected chi connectivity index (χ3v) is 2.71. The van der Waals surface area contributed by atoms with Gasteiger partial charge in [0, 0.05) is 12.5 Å². The second-order valence-electron chi connectivity index (χ2n) is 3.99. The number of methoxy groups -OCH3 is 1. The molecule has 94 valence electrons. The number of carbonyl (C=O) groups is 1. The molecule has 1 unspecified atom stereocenters. The molecule has 0 fully saturated rings. The summed E-state index contributed by atoms with van der Waals surface area (Å²) in [5.41, 5.74) is 0.647. The van der Waals surface area contributed by atoms with E-state index in [0.717, 1.165) is 6.92 Å². The van der Waals surface area contributed by atoms with Crippen LogP contribution in [0, 0.1) is 0 Å². The molecule has 0 aliphatic rings. The van der Waals surface area contributed by atoms with Gasteiger partial charge in [-0.15, -0.1) is 0 Å². The SMILES string of the molecule is CCC(C(=O)OC)c1ccc(C(C)(F)F)cc1. The average Bonchev–Trinajstić information content (AvgIpc) is 2.29. The number of esters is 1. The Labute approximate surface area is 99.6 Å². The maximum Gasteiger partial charge on any atom is 0.313 e. The molecule has 0 radical (unpaired) electrons. The van der Waals surface area contributed by atoms with Gasteiger partial charge in [0.1, 0.15) is 0 Å². The van der Waals surface area contributed by atoms with Crippen LogP contribution in [-0.4, -0.2) is 13.1 Å². The van der Waals surface area contributed by atoms with Crippen LogP contribution in [0.15, 0.2) is 24.3 Å². The Balaban J connectivity index is 2.97. The van der Waals surface area contributed by atoms with Gasteiger partial charge >= 0.3 is 5.97 Å². The van der Waals surface area contributed by atoms with Crippen molar-refractivity contribution in [2.24, 2.45) is 0 Å². The largest absolute Gasteiger partial charge is 0.469 e. The Kier molecular flexibility index (Phi) is 4.21. The second-order valence-corrected chi connectivity index (χ2v) is 3.99. The van der Waals surface area contributed by atoms with E-state index in [0.29, 0.717) is 12.0 Å². The van der Waals surface area contributed by atoms with Crippen LogP contribution in [0.2, 0.25) is 0 Å². The highest BCUT2D eigenvalue weighted by atomic mass is 19.3. The number of ether oxygens (including phenoxy) is 1. The molecule has 1 aromatic carbocycles. The van der Waals surface area contributed by atoms with E-state index in [1.165, 1.54) is 19.2 Å². The number of hydrogen-bond donors (Lipinski definition) is 0. The highest BCUT2D eigenvalue weighted by molar-refractivity contribution is 5.77. The summed E-state index contributed by atoms with van der Waals surface area (Å²) < 4.78 is 30.7. The third kappa shape index (κ3) is 3.25. The fraction of sp³-hybridized carbons (Fsp3) is 0.462. The Morgan fingerprint density at radius 1 is 1.35 bits per heavy atom. The minimum absolute atomic E-state index is 0.0547. The molecule has 1 rings (SSSR count). The highest BCUT2D eigenvalue weighted by Crippen LogP contribution is 2.29. The van der Waals surface area contributed by atoms with Crippen LogP contribution < -0.4 is 0 Å². The monoisotopic (exact) mass is 242 g/mol. The van der Waals surface area contributed by atoms with E-state index in [1.54, 1.807) is 12.1 Å². The molecule has 1 aromatic rings. The molecule has 2 nitrogen and oxygen atoms in total. The van der Waals surface area contributed by atoms with Crippen molar-refractivity contribution in [1.29, 1.82) is 0 Å². The molecule has 0 amide bonds. The first-order valence-corrected chi connectivity index (χ1v) is 5.46. The Morgan fingerprint density at radius 3 is 2.24 bits per heavy atom. The van der Waals surface area contributed by atoms with Crippen LogP contribution in [0.5, 0.6) is 0 Å². The van der Waals surface area contributed by atoms with Crippen LogP contribution in [0.3, 0.4) is 0 Å². The highest BCUT2D eigenvalue weighted by Gasteiger charge is 2.25. The van der Waals surface area contributed by atoms with Gasteiger partial charge in [-0.3, -0.25) is 4.79 Å². The zero-order chi connectivity index (χ0) is 13.1. The molecule has 0 heterocycles. The van der Waals surface area contributed by atoms with Gasteiger partial charge in [0.15, 0.2) is 0 Å². The third-order valence-electron chi connectivity index (χ3n) is 2.71. The summed E-state index contributed by atoms with van der Waals surface area (Å²) in [4.78, 5) is 11.5. The van der Waals surface area contributed by atoms with Gasteiger partial charge in [-0.2, -0.15) is 0 Å². The molecular formula is C13H16F2O2. The van der Waals surface area contributed by atoms with Gasteiger partial charge in [0.05, 0.1) is 13.0 Å². The Morgan fingerprint density at radius 2 is 1.88 bits per heavy atom. The first-order chi connectivity index (χ1) is 7.90. The maximum absolute atomic E-state index is 13.0. The molecule has 4 heteroatoms. The topological polar surface area (TPSA) is 26.3 Å². The first-order valence-electron chi connectivity index (χ1n) is 5.46. The van der Waals surface area contributed by atoms with Gasteiger partial charge in [-0.1, -0.05) is 31.2 Å². The van der Waals surface area contributed by atoms with Crippen molar-refractivity contribution in [3.8, 4) is 0 Å². The number of carbonyl (C=O) groups excluding carboxylic acids is 1. The maximum atomic E-state index is 13.0. The van der Waals surface area contributed by atoms with E-state index in [-0.39, 0.29) is 17.5 Å². The number of benzene rings is 1. The summed E-state index contributed by atoms with van der Waals surface area (Å²) in [6.45, 7) is 2.70. The predicted octanol–water partition coefficient (Wildman–Crippen LogP) is 3.46. The smallest absolute Gasteiger partial charge is 0.313 e. The molecule has 0 aromatic heterocycles. The predicted molar refractivity (Wildman–Crippen MR) is 61.1 cm³/mol. The lowest BCUT2D eigenvalue weighted by Crippen LogP contribution is -2.14. The number of rotatable bonds is 4. The van der Waals surface area contributed by atoms with Crippen molar-refractivity contribution < 1.29 is 18.3 Å². The number of alkyl halides is 2. The van der Waals surface area contributed by atoms with Gasteiger partial charge in [-0.25, -0.2) is 8.78 Å². The number of halogens is 2. The zero-order valence-electron chi connectivity index (χ0n) is 10.2. The molecule has 17 heavy (non-hydrogen) atoms. The lowest BCUT2D eigenvalue weighted by molar-refractivity contribution is -0.142. The lowest BCUT2D eigenvalue weighted by atomic mass is 9.95. The molecule has 0 saturated heterocycles. The van der Waals surface area contributed by atoms with Crippen molar-refractivity contribution in [1.82, 2.24) is 0 Å². The van der Waals surface area contributed by atoms with Crippen molar-refractivity contribution >= 4 is 5.97 Å². The van der Waals surface area contributed by atoms with E-state index in [4.69, 9.17) is 0 Å². The minimum Gasteiger partial charge on any atom is -0.469 e. The van der Waals surface area contributed by atoms with Crippen LogP contribution in [0.25, 0.3) is 0 Å². The van der Waals surface area contributed by atoms with Crippen LogP contribution >= 0.6 is 0 Å². The van der Waals surface area contributed by atoms with E-state index in [2.05, 4.69) is 4.74 Å². The van der Waals surface area contributed by atoms with Crippen molar-refractivity contribution in [2.45, 2.75) is 32.1 Å². The summed E-state index contributed by atoms with van der Waals surface area (Å²) in [7, 11) is 1.32. The second kappa shape index (κ2) is 5.25. The lowest BCUT2D eigenvalue weighted by Gasteiger charge is -2.15. The van der Waals surface area contributed by atoms with E-state index in [9.17, 15) is 13.6 Å². The fourth-order valence-electron chi connectivity index (χ4n) is 1.69. The van der Waals surface area contributed by atoms with Gasteiger partial charge in [0.2, 0.25) is 0 Å². The van der Waals surface area contributed by atoms with Gasteiger partial charge < -0.3 is 4.74 Å². The van der Waals surface area contributed by atoms with Crippen molar-refractivity contribution in [3.05, 3.63) is 35.4 Å². The van der Waals surface area contributed by atoms with E-state index >= 15 is 0 Å². The molecular weight excluding hydrogens is 226 g/mol. The number of hydrogen-bond acceptors (Lipinski definition) is 2. The summed E-state index contributed by atoms with van der Waals surface area (Å²) in [6, 6.07) is 5.80. The van der Waals surface area contributed by atoms with E-state index in [1.807, 2.05) is 6.92 Å². The fourth-order valence-corrected chi connectivity index (χ4v) is 1.69. The molecule has 0 N–H and O–H groups in total. The summed E-state index contributed by atoms with van der Waals surface area (Å²) in [5.74, 6) is -3.59. The molecule has 0 aliphatic carbocycles. The van der Waals surface area contributed by atoms with Crippen LogP contribution in [-0.2, 0) is 15.5 Å². The van der Waals surface area contributed by atoms with Crippen molar-refractivity contribution in [2.75, 3.05) is 7.11 Å². The summed E-state index contributed by atoms with van der Waals surface area (Å²) in [5, 5.41) is 0. The average molecular weight is 242 g/mol. The standard InChI is InChI=1S/C13H16F2O2/c1-4-11(12(16)17-3)9-5-7-10(8-6-9)13(2,14)15/h5-8,11H,4H2,1-3H3. The molecule has 0 saturated carbocycles. The normalized spacial score (nSPS) is 13.2. The first kappa shape index (κ1) is 13.6. The Bertz CT molecular complexity index is 379. The Hall–Kier alpha value is -1.45. The van der Waals surface area contributed by atoms with Gasteiger partial charge in [-0.05, 0) is 12.0 Å². The van der Waals surface area contributed by atoms with Gasteiger partial charge in [0.25, 0.3) is 5.92 Å². The quantitative estimate of drug-likeness (QED) is 0.756. The molecule has 0 bridgehead atoms. The summed E-state index contributed by atoms with van der Waals surface area (Å²) in [6.07, 6.45) is 0.578. The summed E-state index contributed by atoms with van der Waals surface area (Å²) >= 11 is 0. The minimum atomic E-state index is -2.86. The molecule has 0 spiro atoms. The van der Waals surface area contributed by atoms with E-state index < -0.39 is 5.92 Å².